The quantitative estimate of drug-likeness (QED) is 0.655. The lowest BCUT2D eigenvalue weighted by atomic mass is 10.1. The molecule has 1 N–H and O–H groups in total. The molecule has 0 atom stereocenters. The summed E-state index contributed by atoms with van der Waals surface area (Å²) in [6, 6.07) is 12.0. The average Bonchev–Trinajstić information content (AvgIpc) is 2.68. The Morgan fingerprint density at radius 2 is 1.64 bits per heavy atom. The second-order valence-electron chi connectivity index (χ2n) is 6.09. The van der Waals surface area contributed by atoms with E-state index in [4.69, 9.17) is 4.74 Å². The van der Waals surface area contributed by atoms with Gasteiger partial charge in [-0.15, -0.1) is 0 Å². The van der Waals surface area contributed by atoms with Gasteiger partial charge < -0.3 is 14.8 Å². The van der Waals surface area contributed by atoms with Crippen molar-refractivity contribution in [2.45, 2.75) is 6.54 Å². The van der Waals surface area contributed by atoms with Crippen LogP contribution in [0.2, 0.25) is 0 Å². The van der Waals surface area contributed by atoms with Gasteiger partial charge in [-0.05, 0) is 42.9 Å². The summed E-state index contributed by atoms with van der Waals surface area (Å²) >= 11 is 3.39. The zero-order chi connectivity index (χ0) is 20.7. The summed E-state index contributed by atoms with van der Waals surface area (Å²) in [6.45, 7) is 0.673. The first-order chi connectivity index (χ1) is 13.3. The Hall–Kier alpha value is -2.71. The molecule has 148 valence electrons. The van der Waals surface area contributed by atoms with Gasteiger partial charge in [-0.25, -0.2) is 9.59 Å². The van der Waals surface area contributed by atoms with Crippen molar-refractivity contribution in [2.24, 2.45) is 0 Å². The Morgan fingerprint density at radius 1 is 1.00 bits per heavy atom. The topological polar surface area (TPSA) is 84.9 Å². The van der Waals surface area contributed by atoms with Crippen molar-refractivity contribution in [3.63, 3.8) is 0 Å². The Labute approximate surface area is 171 Å². The van der Waals surface area contributed by atoms with E-state index in [-0.39, 0.29) is 29.3 Å². The highest BCUT2D eigenvalue weighted by Gasteiger charge is 2.18. The maximum atomic E-state index is 12.5. The van der Waals surface area contributed by atoms with Crippen LogP contribution in [0.5, 0.6) is 0 Å². The van der Waals surface area contributed by atoms with Crippen LogP contribution in [-0.2, 0) is 20.8 Å². The summed E-state index contributed by atoms with van der Waals surface area (Å²) in [7, 11) is 4.31. The molecule has 0 aliphatic heterocycles. The predicted molar refractivity (Wildman–Crippen MR) is 108 cm³/mol. The molecule has 0 saturated carbocycles. The number of rotatable bonds is 7. The van der Waals surface area contributed by atoms with Gasteiger partial charge in [0.2, 0.25) is 5.91 Å². The minimum atomic E-state index is -0.616. The number of hydrogen-bond donors (Lipinski definition) is 1. The average molecular weight is 449 g/mol. The fourth-order valence-corrected chi connectivity index (χ4v) is 2.84. The fourth-order valence-electron chi connectivity index (χ4n) is 2.57. The lowest BCUT2D eigenvalue weighted by Gasteiger charge is -2.17. The molecule has 0 aromatic heterocycles. The van der Waals surface area contributed by atoms with Crippen LogP contribution in [0.15, 0.2) is 46.9 Å². The third-order valence-corrected chi connectivity index (χ3v) is 4.43. The van der Waals surface area contributed by atoms with Crippen molar-refractivity contribution in [3.8, 4) is 0 Å². The number of carbonyl (C=O) groups is 3. The van der Waals surface area contributed by atoms with Crippen molar-refractivity contribution in [1.29, 1.82) is 0 Å². The molecule has 0 spiro atoms. The molecule has 0 radical (unpaired) electrons. The van der Waals surface area contributed by atoms with Crippen LogP contribution in [0.25, 0.3) is 0 Å². The number of methoxy groups -OCH3 is 2. The number of anilines is 1. The van der Waals surface area contributed by atoms with Crippen LogP contribution in [0, 0.1) is 0 Å². The number of benzene rings is 2. The molecule has 0 saturated heterocycles. The number of nitrogens with zero attached hydrogens (tertiary/aromatic N) is 1. The van der Waals surface area contributed by atoms with E-state index in [2.05, 4.69) is 26.0 Å². The maximum Gasteiger partial charge on any atom is 0.339 e. The highest BCUT2D eigenvalue weighted by Crippen LogP contribution is 2.20. The number of nitrogens with one attached hydrogen (secondary N) is 1. The number of carbonyl (C=O) groups excluding carboxylic acids is 3. The van der Waals surface area contributed by atoms with Crippen LogP contribution < -0.4 is 5.32 Å². The summed E-state index contributed by atoms with van der Waals surface area (Å²) in [5.41, 5.74) is 1.62. The minimum absolute atomic E-state index is 0.0964. The van der Waals surface area contributed by atoms with Gasteiger partial charge in [-0.1, -0.05) is 28.1 Å². The van der Waals surface area contributed by atoms with Gasteiger partial charge in [0, 0.05) is 11.0 Å². The summed E-state index contributed by atoms with van der Waals surface area (Å²) in [5.74, 6) is -1.51. The molecule has 0 bridgehead atoms. The van der Waals surface area contributed by atoms with Crippen LogP contribution in [0.1, 0.15) is 26.3 Å². The first-order valence-electron chi connectivity index (χ1n) is 8.37. The van der Waals surface area contributed by atoms with E-state index in [1.54, 1.807) is 0 Å². The molecule has 2 rings (SSSR count). The number of ether oxygens (including phenoxy) is 2. The van der Waals surface area contributed by atoms with Gasteiger partial charge in [-0.2, -0.15) is 0 Å². The van der Waals surface area contributed by atoms with Crippen molar-refractivity contribution in [1.82, 2.24) is 4.90 Å². The van der Waals surface area contributed by atoms with Gasteiger partial charge in [0.25, 0.3) is 0 Å². The lowest BCUT2D eigenvalue weighted by Crippen LogP contribution is -2.30. The third kappa shape index (κ3) is 5.90. The van der Waals surface area contributed by atoms with E-state index >= 15 is 0 Å². The van der Waals surface area contributed by atoms with E-state index in [9.17, 15) is 14.4 Å². The zero-order valence-corrected chi connectivity index (χ0v) is 17.4. The minimum Gasteiger partial charge on any atom is -0.465 e. The zero-order valence-electron chi connectivity index (χ0n) is 15.8. The van der Waals surface area contributed by atoms with E-state index in [0.29, 0.717) is 6.54 Å². The largest absolute Gasteiger partial charge is 0.465 e. The van der Waals surface area contributed by atoms with Gasteiger partial charge in [0.1, 0.15) is 0 Å². The molecular formula is C20H21BrN2O5. The number of esters is 2. The first kappa shape index (κ1) is 21.6. The second-order valence-corrected chi connectivity index (χ2v) is 7.01. The normalized spacial score (nSPS) is 10.5. The van der Waals surface area contributed by atoms with Crippen molar-refractivity contribution in [3.05, 3.63) is 63.6 Å². The van der Waals surface area contributed by atoms with Crippen molar-refractivity contribution < 1.29 is 23.9 Å². The van der Waals surface area contributed by atoms with Crippen LogP contribution in [0.3, 0.4) is 0 Å². The molecule has 0 heterocycles. The molecule has 8 heteroatoms. The smallest absolute Gasteiger partial charge is 0.339 e. The first-order valence-corrected chi connectivity index (χ1v) is 9.17. The van der Waals surface area contributed by atoms with E-state index < -0.39 is 11.9 Å². The fraction of sp³-hybridized carbons (Fsp3) is 0.250. The van der Waals surface area contributed by atoms with E-state index in [1.165, 1.54) is 32.4 Å². The molecule has 0 unspecified atom stereocenters. The summed E-state index contributed by atoms with van der Waals surface area (Å²) in [6.07, 6.45) is 0. The van der Waals surface area contributed by atoms with Crippen LogP contribution >= 0.6 is 15.9 Å². The van der Waals surface area contributed by atoms with Crippen LogP contribution in [0.4, 0.5) is 5.69 Å². The van der Waals surface area contributed by atoms with Crippen LogP contribution in [-0.4, -0.2) is 50.6 Å². The van der Waals surface area contributed by atoms with Gasteiger partial charge in [0.05, 0.1) is 37.6 Å². The Bertz CT molecular complexity index is 867. The van der Waals surface area contributed by atoms with E-state index in [0.717, 1.165) is 10.0 Å². The molecule has 0 fully saturated rings. The standard InChI is InChI=1S/C20H21BrN2O5/c1-23(11-13-4-7-15(21)8-5-13)12-18(24)22-17-10-14(19(25)27-2)6-9-16(17)20(26)28-3/h4-10H,11-12H2,1-3H3,(H,22,24). The molecule has 1 amide bonds. The van der Waals surface area contributed by atoms with Crippen molar-refractivity contribution >= 4 is 39.5 Å². The van der Waals surface area contributed by atoms with Gasteiger partial charge in [-0.3, -0.25) is 9.69 Å². The maximum absolute atomic E-state index is 12.5. The molecule has 28 heavy (non-hydrogen) atoms. The van der Waals surface area contributed by atoms with Crippen molar-refractivity contribution in [2.75, 3.05) is 33.1 Å². The summed E-state index contributed by atoms with van der Waals surface area (Å²) in [4.78, 5) is 38.0. The highest BCUT2D eigenvalue weighted by molar-refractivity contribution is 9.10. The molecule has 2 aromatic carbocycles. The number of hydrogen-bond acceptors (Lipinski definition) is 6. The molecule has 7 nitrogen and oxygen atoms in total. The lowest BCUT2D eigenvalue weighted by molar-refractivity contribution is -0.117. The summed E-state index contributed by atoms with van der Waals surface area (Å²) < 4.78 is 10.4. The number of halogens is 1. The number of likely N-dealkylation sites (N-methyl/N-ethyl adjacent to an activating group) is 1. The van der Waals surface area contributed by atoms with Gasteiger partial charge in [0.15, 0.2) is 0 Å². The molecule has 0 aliphatic carbocycles. The molecule has 0 aliphatic rings. The Morgan fingerprint density at radius 3 is 2.25 bits per heavy atom. The Balaban J connectivity index is 2.11. The summed E-state index contributed by atoms with van der Waals surface area (Å²) in [5, 5.41) is 2.67. The van der Waals surface area contributed by atoms with Gasteiger partial charge >= 0.3 is 11.9 Å². The third-order valence-electron chi connectivity index (χ3n) is 3.90. The predicted octanol–water partition coefficient (Wildman–Crippen LogP) is 3.09. The second kappa shape index (κ2) is 10.0. The number of amides is 1. The highest BCUT2D eigenvalue weighted by atomic mass is 79.9. The monoisotopic (exact) mass is 448 g/mol. The Kier molecular flexibility index (Phi) is 7.71. The SMILES string of the molecule is COC(=O)c1ccc(C(=O)OC)c(NC(=O)CN(C)Cc2ccc(Br)cc2)c1. The van der Waals surface area contributed by atoms with E-state index in [1.807, 2.05) is 36.2 Å². The molecule has 2 aromatic rings. The molecular weight excluding hydrogens is 428 g/mol.